The van der Waals surface area contributed by atoms with Gasteiger partial charge in [-0.15, -0.1) is 6.58 Å². The fourth-order valence-electron chi connectivity index (χ4n) is 2.37. The Morgan fingerprint density at radius 2 is 2.09 bits per heavy atom. The van der Waals surface area contributed by atoms with Crippen molar-refractivity contribution in [1.29, 1.82) is 0 Å². The van der Waals surface area contributed by atoms with Gasteiger partial charge in [-0.2, -0.15) is 0 Å². The van der Waals surface area contributed by atoms with Crippen LogP contribution in [0.3, 0.4) is 0 Å². The van der Waals surface area contributed by atoms with E-state index in [1.165, 1.54) is 0 Å². The third-order valence-electron chi connectivity index (χ3n) is 3.66. The van der Waals surface area contributed by atoms with Crippen LogP contribution in [0.15, 0.2) is 49.2 Å². The number of nitrogens with one attached hydrogen (secondary N) is 1. The van der Waals surface area contributed by atoms with Crippen LogP contribution in [-0.4, -0.2) is 16.2 Å². The topological polar surface area (TPSA) is 114 Å². The van der Waals surface area contributed by atoms with E-state index in [0.717, 1.165) is 11.1 Å². The van der Waals surface area contributed by atoms with Crippen molar-refractivity contribution in [2.45, 2.75) is 13.0 Å². The van der Waals surface area contributed by atoms with E-state index in [1.807, 2.05) is 25.1 Å². The highest BCUT2D eigenvalue weighted by Crippen LogP contribution is 2.30. The molecule has 2 rings (SSSR count). The maximum Gasteiger partial charge on any atom is 0.405 e. The molecule has 1 heterocycles. The van der Waals surface area contributed by atoms with Gasteiger partial charge in [0.1, 0.15) is 0 Å². The lowest BCUT2D eigenvalue weighted by Crippen LogP contribution is -2.31. The smallest absolute Gasteiger partial charge is 0.405 e. The summed E-state index contributed by atoms with van der Waals surface area (Å²) in [6.07, 6.45) is 2.21. The summed E-state index contributed by atoms with van der Waals surface area (Å²) in [6, 6.07) is 8.45. The molecule has 1 aromatic heterocycles. The van der Waals surface area contributed by atoms with Gasteiger partial charge in [-0.05, 0) is 35.7 Å². The SMILES string of the molecule is C=C[C@@H](C)[C@H](NC(=O)O)c1cc(-c2ccc(N)cc2N)ccn1. The molecule has 23 heavy (non-hydrogen) atoms. The number of nitrogen functional groups attached to an aromatic ring is 2. The predicted octanol–water partition coefficient (Wildman–Crippen LogP) is 3.04. The van der Waals surface area contributed by atoms with Crippen LogP contribution in [-0.2, 0) is 0 Å². The van der Waals surface area contributed by atoms with Gasteiger partial charge in [0.15, 0.2) is 0 Å². The van der Waals surface area contributed by atoms with Gasteiger partial charge in [0, 0.05) is 23.1 Å². The Balaban J connectivity index is 2.44. The molecule has 2 atom stereocenters. The van der Waals surface area contributed by atoms with Gasteiger partial charge in [-0.3, -0.25) is 4.98 Å². The average molecular weight is 312 g/mol. The normalized spacial score (nSPS) is 13.1. The third-order valence-corrected chi connectivity index (χ3v) is 3.66. The number of aromatic nitrogens is 1. The molecule has 0 aliphatic carbocycles. The number of carboxylic acid groups (broad SMARTS) is 1. The van der Waals surface area contributed by atoms with Gasteiger partial charge >= 0.3 is 6.09 Å². The van der Waals surface area contributed by atoms with Gasteiger partial charge in [0.25, 0.3) is 0 Å². The van der Waals surface area contributed by atoms with E-state index in [4.69, 9.17) is 16.6 Å². The van der Waals surface area contributed by atoms with Crippen molar-refractivity contribution in [3.63, 3.8) is 0 Å². The van der Waals surface area contributed by atoms with Crippen molar-refractivity contribution in [2.75, 3.05) is 11.5 Å². The first-order valence-corrected chi connectivity index (χ1v) is 7.15. The summed E-state index contributed by atoms with van der Waals surface area (Å²) in [6.45, 7) is 5.60. The Bertz CT molecular complexity index is 730. The lowest BCUT2D eigenvalue weighted by molar-refractivity contribution is 0.187. The maximum atomic E-state index is 11.0. The summed E-state index contributed by atoms with van der Waals surface area (Å²) in [5.41, 5.74) is 15.2. The first-order valence-electron chi connectivity index (χ1n) is 7.15. The van der Waals surface area contributed by atoms with E-state index in [9.17, 15) is 4.79 Å². The molecule has 0 saturated heterocycles. The summed E-state index contributed by atoms with van der Waals surface area (Å²) < 4.78 is 0. The molecule has 6 nitrogen and oxygen atoms in total. The van der Waals surface area contributed by atoms with E-state index in [0.29, 0.717) is 17.1 Å². The predicted molar refractivity (Wildman–Crippen MR) is 91.8 cm³/mol. The summed E-state index contributed by atoms with van der Waals surface area (Å²) >= 11 is 0. The highest BCUT2D eigenvalue weighted by atomic mass is 16.4. The number of nitrogens with two attached hydrogens (primary N) is 2. The Hall–Kier alpha value is -3.02. The van der Waals surface area contributed by atoms with Crippen molar-refractivity contribution in [2.24, 2.45) is 5.92 Å². The zero-order valence-electron chi connectivity index (χ0n) is 12.9. The number of pyridine rings is 1. The van der Waals surface area contributed by atoms with E-state index in [1.54, 1.807) is 24.4 Å². The van der Waals surface area contributed by atoms with Crippen LogP contribution in [0.5, 0.6) is 0 Å². The maximum absolute atomic E-state index is 11.0. The van der Waals surface area contributed by atoms with Crippen molar-refractivity contribution in [1.82, 2.24) is 10.3 Å². The Morgan fingerprint density at radius 3 is 2.70 bits per heavy atom. The van der Waals surface area contributed by atoms with Gasteiger partial charge in [0.05, 0.1) is 11.7 Å². The number of amides is 1. The number of benzene rings is 1. The molecule has 0 unspecified atom stereocenters. The zero-order chi connectivity index (χ0) is 17.0. The molecule has 0 aliphatic rings. The monoisotopic (exact) mass is 312 g/mol. The number of hydrogen-bond donors (Lipinski definition) is 4. The molecule has 6 N–H and O–H groups in total. The third kappa shape index (κ3) is 3.79. The molecule has 120 valence electrons. The van der Waals surface area contributed by atoms with Crippen molar-refractivity contribution >= 4 is 17.5 Å². The highest BCUT2D eigenvalue weighted by Gasteiger charge is 2.21. The largest absolute Gasteiger partial charge is 0.465 e. The van der Waals surface area contributed by atoms with Crippen molar-refractivity contribution in [3.8, 4) is 11.1 Å². The van der Waals surface area contributed by atoms with Crippen LogP contribution in [0.4, 0.5) is 16.2 Å². The summed E-state index contributed by atoms with van der Waals surface area (Å²) in [5, 5.41) is 11.5. The second kappa shape index (κ2) is 6.83. The number of nitrogens with zero attached hydrogens (tertiary/aromatic N) is 1. The second-order valence-corrected chi connectivity index (χ2v) is 5.34. The highest BCUT2D eigenvalue weighted by molar-refractivity contribution is 5.78. The molecule has 0 radical (unpaired) electrons. The van der Waals surface area contributed by atoms with Gasteiger partial charge in [-0.1, -0.05) is 19.1 Å². The van der Waals surface area contributed by atoms with Crippen molar-refractivity contribution < 1.29 is 9.90 Å². The standard InChI is InChI=1S/C17H20N4O2/c1-3-10(2)16(21-17(22)23)15-8-11(6-7-20-15)13-5-4-12(18)9-14(13)19/h3-10,16,21H,1,18-19H2,2H3,(H,22,23)/t10-,16+/m1/s1. The van der Waals surface area contributed by atoms with Crippen molar-refractivity contribution in [3.05, 3.63) is 54.9 Å². The lowest BCUT2D eigenvalue weighted by Gasteiger charge is -2.21. The fourth-order valence-corrected chi connectivity index (χ4v) is 2.37. The van der Waals surface area contributed by atoms with Crippen LogP contribution in [0.2, 0.25) is 0 Å². The summed E-state index contributed by atoms with van der Waals surface area (Å²) in [7, 11) is 0. The van der Waals surface area contributed by atoms with Crippen LogP contribution >= 0.6 is 0 Å². The van der Waals surface area contributed by atoms with Crippen LogP contribution < -0.4 is 16.8 Å². The number of carbonyl (C=O) groups is 1. The Labute approximate surface area is 134 Å². The molecule has 0 fully saturated rings. The first-order chi connectivity index (χ1) is 10.9. The molecule has 0 saturated carbocycles. The average Bonchev–Trinajstić information content (AvgIpc) is 2.52. The van der Waals surface area contributed by atoms with Crippen LogP contribution in [0.25, 0.3) is 11.1 Å². The molecule has 6 heteroatoms. The van der Waals surface area contributed by atoms with Crippen LogP contribution in [0.1, 0.15) is 18.7 Å². The quantitative estimate of drug-likeness (QED) is 0.500. The minimum atomic E-state index is -1.11. The van der Waals surface area contributed by atoms with Crippen LogP contribution in [0, 0.1) is 5.92 Å². The van der Waals surface area contributed by atoms with E-state index >= 15 is 0 Å². The molecular weight excluding hydrogens is 292 g/mol. The fraction of sp³-hybridized carbons (Fsp3) is 0.176. The second-order valence-electron chi connectivity index (χ2n) is 5.34. The number of hydrogen-bond acceptors (Lipinski definition) is 4. The van der Waals surface area contributed by atoms with E-state index in [-0.39, 0.29) is 5.92 Å². The zero-order valence-corrected chi connectivity index (χ0v) is 12.9. The number of rotatable bonds is 5. The summed E-state index contributed by atoms with van der Waals surface area (Å²) in [5.74, 6) is -0.113. The molecular formula is C17H20N4O2. The molecule has 0 aliphatic heterocycles. The molecule has 2 aromatic rings. The lowest BCUT2D eigenvalue weighted by atomic mass is 9.96. The van der Waals surface area contributed by atoms with Gasteiger partial charge < -0.3 is 21.9 Å². The minimum Gasteiger partial charge on any atom is -0.465 e. The molecule has 1 amide bonds. The summed E-state index contributed by atoms with van der Waals surface area (Å²) in [4.78, 5) is 15.3. The minimum absolute atomic E-state index is 0.113. The van der Waals surface area contributed by atoms with E-state index < -0.39 is 12.1 Å². The first kappa shape index (κ1) is 16.4. The molecule has 1 aromatic carbocycles. The Kier molecular flexibility index (Phi) is 4.85. The molecule has 0 spiro atoms. The van der Waals surface area contributed by atoms with Gasteiger partial charge in [0.2, 0.25) is 0 Å². The number of anilines is 2. The van der Waals surface area contributed by atoms with Gasteiger partial charge in [-0.25, -0.2) is 4.79 Å². The Morgan fingerprint density at radius 1 is 1.35 bits per heavy atom. The molecule has 0 bridgehead atoms. The van der Waals surface area contributed by atoms with E-state index in [2.05, 4.69) is 16.9 Å².